The van der Waals surface area contributed by atoms with E-state index in [1.807, 2.05) is 6.92 Å². The summed E-state index contributed by atoms with van der Waals surface area (Å²) in [6, 6.07) is 9.26. The number of ether oxygens (including phenoxy) is 1. The van der Waals surface area contributed by atoms with Crippen LogP contribution in [0.2, 0.25) is 0 Å². The first-order chi connectivity index (χ1) is 9.60. The number of nitrogens with one attached hydrogen (secondary N) is 1. The standard InChI is InChI=1S/C16H17F2NO/c1-3-19-10-12-7-13(17)9-14(8-12)20-15-6-4-5-11(2)16(15)18/h4-9,19H,3,10H2,1-2H3. The maximum atomic E-state index is 13.9. The van der Waals surface area contributed by atoms with Gasteiger partial charge in [-0.2, -0.15) is 0 Å². The molecule has 0 bridgehead atoms. The molecule has 0 aliphatic heterocycles. The summed E-state index contributed by atoms with van der Waals surface area (Å²) in [7, 11) is 0. The Kier molecular flexibility index (Phi) is 4.69. The van der Waals surface area contributed by atoms with E-state index < -0.39 is 11.6 Å². The summed E-state index contributed by atoms with van der Waals surface area (Å²) in [5, 5.41) is 3.11. The van der Waals surface area contributed by atoms with E-state index in [9.17, 15) is 8.78 Å². The zero-order valence-electron chi connectivity index (χ0n) is 11.5. The predicted molar refractivity (Wildman–Crippen MR) is 75.0 cm³/mol. The lowest BCUT2D eigenvalue weighted by molar-refractivity contribution is 0.436. The molecule has 0 amide bonds. The molecule has 0 saturated carbocycles. The van der Waals surface area contributed by atoms with Gasteiger partial charge in [0.25, 0.3) is 0 Å². The molecule has 0 spiro atoms. The Morgan fingerprint density at radius 2 is 1.95 bits per heavy atom. The maximum absolute atomic E-state index is 13.9. The van der Waals surface area contributed by atoms with Crippen LogP contribution in [0, 0.1) is 18.6 Å². The van der Waals surface area contributed by atoms with Gasteiger partial charge in [-0.05, 0) is 42.8 Å². The Morgan fingerprint density at radius 1 is 1.15 bits per heavy atom. The van der Waals surface area contributed by atoms with E-state index in [0.717, 1.165) is 12.1 Å². The van der Waals surface area contributed by atoms with Crippen LogP contribution < -0.4 is 10.1 Å². The molecular formula is C16H17F2NO. The highest BCUT2D eigenvalue weighted by molar-refractivity contribution is 5.37. The summed E-state index contributed by atoms with van der Waals surface area (Å²) >= 11 is 0. The van der Waals surface area contributed by atoms with E-state index in [2.05, 4.69) is 5.32 Å². The Labute approximate surface area is 117 Å². The third-order valence-corrected chi connectivity index (χ3v) is 2.89. The van der Waals surface area contributed by atoms with Gasteiger partial charge in [0.15, 0.2) is 11.6 Å². The number of aryl methyl sites for hydroxylation is 1. The van der Waals surface area contributed by atoms with Crippen LogP contribution in [-0.2, 0) is 6.54 Å². The lowest BCUT2D eigenvalue weighted by Gasteiger charge is -2.10. The average Bonchev–Trinajstić information content (AvgIpc) is 2.41. The van der Waals surface area contributed by atoms with Crippen LogP contribution in [0.3, 0.4) is 0 Å². The molecular weight excluding hydrogens is 260 g/mol. The lowest BCUT2D eigenvalue weighted by Crippen LogP contribution is -2.11. The van der Waals surface area contributed by atoms with Gasteiger partial charge >= 0.3 is 0 Å². The van der Waals surface area contributed by atoms with Gasteiger partial charge in [0.05, 0.1) is 0 Å². The van der Waals surface area contributed by atoms with Crippen molar-refractivity contribution in [2.24, 2.45) is 0 Å². The van der Waals surface area contributed by atoms with Gasteiger partial charge in [0.1, 0.15) is 11.6 Å². The summed E-state index contributed by atoms with van der Waals surface area (Å²) in [6.07, 6.45) is 0. The molecule has 0 fully saturated rings. The van der Waals surface area contributed by atoms with Crippen molar-refractivity contribution in [2.45, 2.75) is 20.4 Å². The maximum Gasteiger partial charge on any atom is 0.168 e. The summed E-state index contributed by atoms with van der Waals surface area (Å²) in [5.74, 6) is -0.430. The molecule has 1 N–H and O–H groups in total. The highest BCUT2D eigenvalue weighted by atomic mass is 19.1. The molecule has 0 saturated heterocycles. The zero-order valence-corrected chi connectivity index (χ0v) is 11.5. The molecule has 2 aromatic carbocycles. The van der Waals surface area contributed by atoms with E-state index in [-0.39, 0.29) is 5.75 Å². The third kappa shape index (κ3) is 3.54. The Hall–Kier alpha value is -1.94. The molecule has 0 atom stereocenters. The number of hydrogen-bond acceptors (Lipinski definition) is 2. The fraction of sp³-hybridized carbons (Fsp3) is 0.250. The molecule has 0 aliphatic rings. The van der Waals surface area contributed by atoms with Gasteiger partial charge in [-0.3, -0.25) is 0 Å². The summed E-state index contributed by atoms with van der Waals surface area (Å²) in [5.41, 5.74) is 1.25. The van der Waals surface area contributed by atoms with Crippen LogP contribution in [0.5, 0.6) is 11.5 Å². The van der Waals surface area contributed by atoms with Crippen molar-refractivity contribution in [3.63, 3.8) is 0 Å². The Morgan fingerprint density at radius 3 is 2.70 bits per heavy atom. The van der Waals surface area contributed by atoms with E-state index in [1.165, 1.54) is 18.2 Å². The van der Waals surface area contributed by atoms with Crippen LogP contribution in [0.25, 0.3) is 0 Å². The Balaban J connectivity index is 2.24. The van der Waals surface area contributed by atoms with Gasteiger partial charge in [0.2, 0.25) is 0 Å². The fourth-order valence-electron chi connectivity index (χ4n) is 1.88. The van der Waals surface area contributed by atoms with Gasteiger partial charge < -0.3 is 10.1 Å². The van der Waals surface area contributed by atoms with E-state index >= 15 is 0 Å². The molecule has 2 aromatic rings. The quantitative estimate of drug-likeness (QED) is 0.885. The topological polar surface area (TPSA) is 21.3 Å². The first-order valence-electron chi connectivity index (χ1n) is 6.53. The monoisotopic (exact) mass is 277 g/mol. The molecule has 0 heterocycles. The average molecular weight is 277 g/mol. The van der Waals surface area contributed by atoms with E-state index in [4.69, 9.17) is 4.74 Å². The van der Waals surface area contributed by atoms with Crippen molar-refractivity contribution in [3.05, 3.63) is 59.2 Å². The molecule has 20 heavy (non-hydrogen) atoms. The summed E-state index contributed by atoms with van der Waals surface area (Å²) < 4.78 is 32.8. The molecule has 2 nitrogen and oxygen atoms in total. The molecule has 2 rings (SSSR count). The van der Waals surface area contributed by atoms with E-state index in [0.29, 0.717) is 17.9 Å². The highest BCUT2D eigenvalue weighted by Crippen LogP contribution is 2.27. The minimum absolute atomic E-state index is 0.102. The van der Waals surface area contributed by atoms with Crippen LogP contribution in [0.4, 0.5) is 8.78 Å². The third-order valence-electron chi connectivity index (χ3n) is 2.89. The molecule has 0 radical (unpaired) electrons. The second-order valence-corrected chi connectivity index (χ2v) is 4.56. The normalized spacial score (nSPS) is 10.6. The van der Waals surface area contributed by atoms with Crippen molar-refractivity contribution in [1.82, 2.24) is 5.32 Å². The van der Waals surface area contributed by atoms with Crippen molar-refractivity contribution in [1.29, 1.82) is 0 Å². The first-order valence-corrected chi connectivity index (χ1v) is 6.53. The molecule has 0 unspecified atom stereocenters. The second kappa shape index (κ2) is 6.48. The van der Waals surface area contributed by atoms with Crippen molar-refractivity contribution >= 4 is 0 Å². The van der Waals surface area contributed by atoms with Gasteiger partial charge in [-0.1, -0.05) is 19.1 Å². The Bertz CT molecular complexity index is 599. The molecule has 106 valence electrons. The second-order valence-electron chi connectivity index (χ2n) is 4.56. The first kappa shape index (κ1) is 14.5. The van der Waals surface area contributed by atoms with Crippen molar-refractivity contribution in [3.8, 4) is 11.5 Å². The minimum atomic E-state index is -0.426. The van der Waals surface area contributed by atoms with E-state index in [1.54, 1.807) is 25.1 Å². The van der Waals surface area contributed by atoms with Gasteiger partial charge in [0, 0.05) is 12.6 Å². The number of rotatable bonds is 5. The van der Waals surface area contributed by atoms with Crippen molar-refractivity contribution < 1.29 is 13.5 Å². The molecule has 4 heteroatoms. The number of halogens is 2. The van der Waals surface area contributed by atoms with Crippen LogP contribution >= 0.6 is 0 Å². The SMILES string of the molecule is CCNCc1cc(F)cc(Oc2cccc(C)c2F)c1. The van der Waals surface area contributed by atoms with Crippen LogP contribution in [0.1, 0.15) is 18.1 Å². The van der Waals surface area contributed by atoms with Crippen LogP contribution in [-0.4, -0.2) is 6.54 Å². The fourth-order valence-corrected chi connectivity index (χ4v) is 1.88. The van der Waals surface area contributed by atoms with Crippen LogP contribution in [0.15, 0.2) is 36.4 Å². The largest absolute Gasteiger partial charge is 0.454 e. The zero-order chi connectivity index (χ0) is 14.5. The van der Waals surface area contributed by atoms with Gasteiger partial charge in [-0.15, -0.1) is 0 Å². The van der Waals surface area contributed by atoms with Crippen molar-refractivity contribution in [2.75, 3.05) is 6.54 Å². The number of benzene rings is 2. The smallest absolute Gasteiger partial charge is 0.168 e. The highest BCUT2D eigenvalue weighted by Gasteiger charge is 2.08. The van der Waals surface area contributed by atoms with Gasteiger partial charge in [-0.25, -0.2) is 8.78 Å². The minimum Gasteiger partial charge on any atom is -0.454 e. The summed E-state index contributed by atoms with van der Waals surface area (Å²) in [4.78, 5) is 0. The summed E-state index contributed by atoms with van der Waals surface area (Å²) in [6.45, 7) is 4.96. The molecule has 0 aliphatic carbocycles. The lowest BCUT2D eigenvalue weighted by atomic mass is 10.2. The predicted octanol–water partition coefficient (Wildman–Crippen LogP) is 4.18. The number of hydrogen-bond donors (Lipinski definition) is 1. The molecule has 0 aromatic heterocycles.